The maximum atomic E-state index is 12.5. The van der Waals surface area contributed by atoms with Gasteiger partial charge in [0.1, 0.15) is 0 Å². The highest BCUT2D eigenvalue weighted by atomic mass is 16.5. The summed E-state index contributed by atoms with van der Waals surface area (Å²) in [6, 6.07) is -0.627. The van der Waals surface area contributed by atoms with E-state index < -0.39 is 12.1 Å². The minimum atomic E-state index is -0.844. The van der Waals surface area contributed by atoms with E-state index in [1.807, 2.05) is 6.08 Å². The lowest BCUT2D eigenvalue weighted by Gasteiger charge is -2.20. The van der Waals surface area contributed by atoms with Gasteiger partial charge in [-0.3, -0.25) is 9.59 Å². The second-order valence-electron chi connectivity index (χ2n) is 29.5. The van der Waals surface area contributed by atoms with Gasteiger partial charge in [0.15, 0.2) is 0 Å². The zero-order valence-corrected chi connectivity index (χ0v) is 64.2. The number of nitrogens with one attached hydrogen (secondary N) is 1. The highest BCUT2D eigenvalue weighted by Crippen LogP contribution is 2.20. The number of rotatable bonds is 81. The molecular weight excluding hydrogens is 1160 g/mol. The summed E-state index contributed by atoms with van der Waals surface area (Å²) in [4.78, 5) is 24.7. The molecule has 0 spiro atoms. The fourth-order valence-corrected chi connectivity index (χ4v) is 13.5. The number of allylic oxidation sites excluding steroid dienone is 9. The molecular formula is C89H167NO5. The zero-order chi connectivity index (χ0) is 68.4. The van der Waals surface area contributed by atoms with E-state index in [-0.39, 0.29) is 18.5 Å². The first kappa shape index (κ1) is 92.6. The van der Waals surface area contributed by atoms with E-state index in [2.05, 4.69) is 67.8 Å². The van der Waals surface area contributed by atoms with Crippen LogP contribution in [0.25, 0.3) is 0 Å². The summed E-state index contributed by atoms with van der Waals surface area (Å²) < 4.78 is 5.52. The SMILES string of the molecule is CCCCC/C=C\C/C=C\CCCCCCCCCCCC(=O)OCCCCCCCCCCCCCCCCC/C=C\C/C=C\CCCCCCCCCCCCCCCCCCCC(=O)NC(CO)C(O)/C=C/CCCCCCCCCCCCCCCCCCCC. The molecule has 0 radical (unpaired) electrons. The monoisotopic (exact) mass is 1330 g/mol. The van der Waals surface area contributed by atoms with Gasteiger partial charge < -0.3 is 20.3 Å². The quantitative estimate of drug-likeness (QED) is 0.0320. The van der Waals surface area contributed by atoms with Crippen LogP contribution in [0.3, 0.4) is 0 Å². The minimum absolute atomic E-state index is 0.0168. The van der Waals surface area contributed by atoms with Crippen LogP contribution >= 0.6 is 0 Å². The maximum Gasteiger partial charge on any atom is 0.305 e. The topological polar surface area (TPSA) is 95.9 Å². The molecule has 2 unspecified atom stereocenters. The number of hydrogen-bond donors (Lipinski definition) is 3. The van der Waals surface area contributed by atoms with Crippen molar-refractivity contribution in [2.75, 3.05) is 13.2 Å². The predicted molar refractivity (Wildman–Crippen MR) is 421 cm³/mol. The molecule has 558 valence electrons. The highest BCUT2D eigenvalue weighted by molar-refractivity contribution is 5.76. The van der Waals surface area contributed by atoms with Crippen LogP contribution in [-0.4, -0.2) is 47.4 Å². The summed E-state index contributed by atoms with van der Waals surface area (Å²) in [5.41, 5.74) is 0. The van der Waals surface area contributed by atoms with E-state index in [1.54, 1.807) is 6.08 Å². The third-order valence-corrected chi connectivity index (χ3v) is 20.0. The molecule has 95 heavy (non-hydrogen) atoms. The van der Waals surface area contributed by atoms with Crippen LogP contribution in [0, 0.1) is 0 Å². The van der Waals surface area contributed by atoms with Crippen molar-refractivity contribution in [1.29, 1.82) is 0 Å². The maximum absolute atomic E-state index is 12.5. The summed E-state index contributed by atoms with van der Waals surface area (Å²) >= 11 is 0. The smallest absolute Gasteiger partial charge is 0.305 e. The van der Waals surface area contributed by atoms with Gasteiger partial charge in [-0.2, -0.15) is 0 Å². The van der Waals surface area contributed by atoms with Crippen molar-refractivity contribution in [3.05, 3.63) is 60.8 Å². The van der Waals surface area contributed by atoms with E-state index in [9.17, 15) is 19.8 Å². The Bertz CT molecular complexity index is 1630. The van der Waals surface area contributed by atoms with E-state index in [1.165, 1.54) is 385 Å². The zero-order valence-electron chi connectivity index (χ0n) is 64.2. The summed E-state index contributed by atoms with van der Waals surface area (Å²) in [6.07, 6.45) is 114. The van der Waals surface area contributed by atoms with E-state index in [0.29, 0.717) is 19.4 Å². The molecule has 0 aromatic carbocycles. The van der Waals surface area contributed by atoms with Crippen molar-refractivity contribution < 1.29 is 24.5 Å². The first-order valence-electron chi connectivity index (χ1n) is 43.1. The van der Waals surface area contributed by atoms with Crippen molar-refractivity contribution in [3.8, 4) is 0 Å². The predicted octanol–water partition coefficient (Wildman–Crippen LogP) is 28.9. The molecule has 0 aliphatic rings. The largest absolute Gasteiger partial charge is 0.466 e. The van der Waals surface area contributed by atoms with Crippen molar-refractivity contribution in [2.24, 2.45) is 0 Å². The number of amides is 1. The van der Waals surface area contributed by atoms with Gasteiger partial charge in [-0.15, -0.1) is 0 Å². The molecule has 6 heteroatoms. The van der Waals surface area contributed by atoms with Gasteiger partial charge in [0.25, 0.3) is 0 Å². The van der Waals surface area contributed by atoms with Gasteiger partial charge in [0.05, 0.1) is 25.4 Å². The molecule has 0 rings (SSSR count). The Balaban J connectivity index is 3.37. The average molecular weight is 1330 g/mol. The number of ether oxygens (including phenoxy) is 1. The lowest BCUT2D eigenvalue weighted by atomic mass is 10.0. The Kier molecular flexibility index (Phi) is 81.8. The van der Waals surface area contributed by atoms with Gasteiger partial charge in [-0.05, 0) is 96.3 Å². The molecule has 0 saturated carbocycles. The van der Waals surface area contributed by atoms with Gasteiger partial charge in [0.2, 0.25) is 5.91 Å². The third kappa shape index (κ3) is 80.4. The van der Waals surface area contributed by atoms with Crippen LogP contribution in [0.1, 0.15) is 470 Å². The van der Waals surface area contributed by atoms with Crippen LogP contribution in [0.4, 0.5) is 0 Å². The Morgan fingerprint density at radius 3 is 0.821 bits per heavy atom. The van der Waals surface area contributed by atoms with E-state index >= 15 is 0 Å². The molecule has 0 fully saturated rings. The van der Waals surface area contributed by atoms with Gasteiger partial charge in [0, 0.05) is 12.8 Å². The second kappa shape index (κ2) is 84.0. The van der Waals surface area contributed by atoms with Gasteiger partial charge in [-0.1, -0.05) is 421 Å². The van der Waals surface area contributed by atoms with Crippen LogP contribution in [-0.2, 0) is 14.3 Å². The number of hydrogen-bond acceptors (Lipinski definition) is 5. The molecule has 0 aromatic heterocycles. The average Bonchev–Trinajstić information content (AvgIpc) is 2.96. The lowest BCUT2D eigenvalue weighted by Crippen LogP contribution is -2.45. The van der Waals surface area contributed by atoms with Crippen molar-refractivity contribution in [3.63, 3.8) is 0 Å². The molecule has 0 heterocycles. The highest BCUT2D eigenvalue weighted by Gasteiger charge is 2.18. The summed E-state index contributed by atoms with van der Waals surface area (Å²) in [5, 5.41) is 23.3. The minimum Gasteiger partial charge on any atom is -0.466 e. The first-order valence-corrected chi connectivity index (χ1v) is 43.1. The van der Waals surface area contributed by atoms with E-state index in [0.717, 1.165) is 57.8 Å². The van der Waals surface area contributed by atoms with Crippen LogP contribution in [0.2, 0.25) is 0 Å². The fourth-order valence-electron chi connectivity index (χ4n) is 13.5. The number of aliphatic hydroxyl groups excluding tert-OH is 2. The molecule has 0 aliphatic carbocycles. The summed E-state index contributed by atoms with van der Waals surface area (Å²) in [6.45, 7) is 4.93. The van der Waals surface area contributed by atoms with Gasteiger partial charge in [-0.25, -0.2) is 0 Å². The molecule has 2 atom stereocenters. The lowest BCUT2D eigenvalue weighted by molar-refractivity contribution is -0.143. The Morgan fingerprint density at radius 1 is 0.295 bits per heavy atom. The Morgan fingerprint density at radius 2 is 0.526 bits per heavy atom. The molecule has 1 amide bonds. The number of carbonyl (C=O) groups excluding carboxylic acids is 2. The van der Waals surface area contributed by atoms with Crippen molar-refractivity contribution in [1.82, 2.24) is 5.32 Å². The van der Waals surface area contributed by atoms with Crippen molar-refractivity contribution in [2.45, 2.75) is 482 Å². The van der Waals surface area contributed by atoms with Crippen LogP contribution in [0.15, 0.2) is 60.8 Å². The first-order chi connectivity index (χ1) is 47.0. The molecule has 0 saturated heterocycles. The van der Waals surface area contributed by atoms with E-state index in [4.69, 9.17) is 4.74 Å². The summed E-state index contributed by atoms with van der Waals surface area (Å²) in [7, 11) is 0. The number of aliphatic hydroxyl groups is 2. The standard InChI is InChI=1S/C89H167NO5/c1-3-5-7-9-11-13-15-17-19-21-23-46-49-53-57-61-65-69-73-77-81-87(92)86(85-91)90-88(93)82-78-74-70-66-62-58-54-50-47-43-41-39-37-35-33-31-29-27-25-24-26-28-30-32-34-36-38-40-42-44-48-52-56-60-64-68-72-76-80-84-95-89(94)83-79-75-71-67-63-59-55-51-45-22-20-18-16-14-12-10-8-6-4-2/h12,14,18,20,24-25,28,30,77,81,86-87,91-92H,3-11,13,15-17,19,21-23,26-27,29,31-76,78-80,82-85H2,1-2H3,(H,90,93)/b14-12-,20-18-,25-24-,30-28-,81-77+. The number of carbonyl (C=O) groups is 2. The number of unbranched alkanes of at least 4 members (excludes halogenated alkanes) is 62. The van der Waals surface area contributed by atoms with Crippen LogP contribution < -0.4 is 5.32 Å². The molecule has 0 aliphatic heterocycles. The van der Waals surface area contributed by atoms with Gasteiger partial charge >= 0.3 is 5.97 Å². The molecule has 0 bridgehead atoms. The Hall–Kier alpha value is -2.44. The summed E-state index contributed by atoms with van der Waals surface area (Å²) in [5.74, 6) is -0.0440. The van der Waals surface area contributed by atoms with Crippen molar-refractivity contribution >= 4 is 11.9 Å². The molecule has 6 nitrogen and oxygen atoms in total. The molecule has 0 aromatic rings. The Labute approximate surface area is 594 Å². The number of esters is 1. The fraction of sp³-hybridized carbons (Fsp3) is 0.865. The molecule has 3 N–H and O–H groups in total. The van der Waals surface area contributed by atoms with Crippen LogP contribution in [0.5, 0.6) is 0 Å². The third-order valence-electron chi connectivity index (χ3n) is 20.0. The normalized spacial score (nSPS) is 12.8. The second-order valence-corrected chi connectivity index (χ2v) is 29.5.